The van der Waals surface area contributed by atoms with Gasteiger partial charge in [0.2, 0.25) is 11.8 Å². The number of hydrogen-bond donors (Lipinski definition) is 0. The Morgan fingerprint density at radius 2 is 2.06 bits per heavy atom. The zero-order valence-corrected chi connectivity index (χ0v) is 12.5. The predicted molar refractivity (Wildman–Crippen MR) is 67.9 cm³/mol. The number of amides is 2. The maximum atomic E-state index is 12.3. The van der Waals surface area contributed by atoms with Crippen LogP contribution in [0.3, 0.4) is 0 Å². The number of hydrogen-bond acceptors (Lipinski definition) is 4. The Balaban J connectivity index is 2.17. The van der Waals surface area contributed by atoms with Crippen LogP contribution < -0.4 is 0 Å². The number of ether oxygens (including phenoxy) is 1. The van der Waals surface area contributed by atoms with Gasteiger partial charge in [-0.15, -0.1) is 0 Å². The predicted octanol–water partition coefficient (Wildman–Crippen LogP) is 0.959. The number of rotatable bonds is 1. The molecule has 96 valence electrons. The molecule has 1 aliphatic carbocycles. The molecule has 4 aliphatic rings. The van der Waals surface area contributed by atoms with Crippen molar-refractivity contribution >= 4 is 49.6 Å². The van der Waals surface area contributed by atoms with Gasteiger partial charge in [-0.05, 0) is 13.0 Å². The number of likely N-dealkylation sites (tertiary alicyclic amines) is 1. The molecule has 4 rings (SSSR count). The number of fused-ring (bicyclic) bond motifs is 1. The van der Waals surface area contributed by atoms with E-state index >= 15 is 0 Å². The van der Waals surface area contributed by atoms with Gasteiger partial charge in [-0.25, -0.2) is 0 Å². The van der Waals surface area contributed by atoms with E-state index in [1.54, 1.807) is 13.0 Å². The maximum Gasteiger partial charge on any atom is 0.328 e. The fourth-order valence-electron chi connectivity index (χ4n) is 2.87. The van der Waals surface area contributed by atoms with Gasteiger partial charge in [-0.2, -0.15) is 0 Å². The summed E-state index contributed by atoms with van der Waals surface area (Å²) in [7, 11) is 0. The minimum atomic E-state index is -1.22. The van der Waals surface area contributed by atoms with Crippen molar-refractivity contribution in [3.63, 3.8) is 0 Å². The first kappa shape index (κ1) is 12.3. The Hall–Kier alpha value is -0.690. The molecule has 2 bridgehead atoms. The second kappa shape index (κ2) is 3.66. The molecule has 18 heavy (non-hydrogen) atoms. The Bertz CT molecular complexity index is 517. The van der Waals surface area contributed by atoms with Gasteiger partial charge >= 0.3 is 5.97 Å². The van der Waals surface area contributed by atoms with E-state index in [0.717, 1.165) is 0 Å². The first-order valence-electron chi connectivity index (χ1n) is 5.55. The molecule has 0 spiro atoms. The van der Waals surface area contributed by atoms with Crippen LogP contribution in [0, 0.1) is 11.8 Å². The van der Waals surface area contributed by atoms with Crippen molar-refractivity contribution in [1.82, 2.24) is 4.90 Å². The van der Waals surface area contributed by atoms with Crippen LogP contribution in [0.1, 0.15) is 6.92 Å². The Morgan fingerprint density at radius 1 is 1.39 bits per heavy atom. The molecule has 5 nitrogen and oxygen atoms in total. The van der Waals surface area contributed by atoms with E-state index in [2.05, 4.69) is 31.9 Å². The molecule has 0 radical (unpaired) electrons. The molecule has 4 atom stereocenters. The maximum absolute atomic E-state index is 12.3. The molecule has 0 aromatic heterocycles. The van der Waals surface area contributed by atoms with Crippen LogP contribution >= 0.6 is 31.9 Å². The van der Waals surface area contributed by atoms with Gasteiger partial charge in [0.25, 0.3) is 0 Å². The number of carbonyl (C=O) groups excluding carboxylic acids is 3. The molecule has 0 unspecified atom stereocenters. The van der Waals surface area contributed by atoms with E-state index in [4.69, 9.17) is 4.74 Å². The lowest BCUT2D eigenvalue weighted by Crippen LogP contribution is -2.58. The molecule has 7 heteroatoms. The van der Waals surface area contributed by atoms with Crippen molar-refractivity contribution in [2.24, 2.45) is 11.8 Å². The van der Waals surface area contributed by atoms with Crippen LogP contribution in [-0.2, 0) is 19.1 Å². The summed E-state index contributed by atoms with van der Waals surface area (Å²) in [4.78, 5) is 37.6. The summed E-state index contributed by atoms with van der Waals surface area (Å²) in [6.45, 7) is 2.05. The van der Waals surface area contributed by atoms with Crippen LogP contribution in [0.25, 0.3) is 0 Å². The highest BCUT2D eigenvalue weighted by Crippen LogP contribution is 2.54. The van der Waals surface area contributed by atoms with E-state index in [-0.39, 0.29) is 11.8 Å². The Morgan fingerprint density at radius 3 is 2.67 bits per heavy atom. The van der Waals surface area contributed by atoms with Crippen molar-refractivity contribution in [3.8, 4) is 0 Å². The monoisotopic (exact) mass is 377 g/mol. The summed E-state index contributed by atoms with van der Waals surface area (Å²) >= 11 is 6.60. The van der Waals surface area contributed by atoms with E-state index in [1.807, 2.05) is 0 Å². The highest BCUT2D eigenvalue weighted by molar-refractivity contribution is 9.12. The largest absolute Gasteiger partial charge is 0.455 e. The van der Waals surface area contributed by atoms with Crippen LogP contribution in [0.5, 0.6) is 0 Å². The first-order valence-corrected chi connectivity index (χ1v) is 7.14. The number of imide groups is 1. The van der Waals surface area contributed by atoms with Gasteiger partial charge < -0.3 is 4.74 Å². The van der Waals surface area contributed by atoms with E-state index in [9.17, 15) is 14.4 Å². The van der Waals surface area contributed by atoms with Gasteiger partial charge in [0.1, 0.15) is 6.10 Å². The average Bonchev–Trinajstić information content (AvgIpc) is 2.56. The van der Waals surface area contributed by atoms with Crippen LogP contribution in [0.2, 0.25) is 0 Å². The molecule has 3 heterocycles. The van der Waals surface area contributed by atoms with Crippen LogP contribution in [0.4, 0.5) is 0 Å². The fourth-order valence-corrected chi connectivity index (χ4v) is 4.74. The molecule has 2 fully saturated rings. The lowest BCUT2D eigenvalue weighted by Gasteiger charge is -2.44. The molecular formula is C11H9Br2NO4. The summed E-state index contributed by atoms with van der Waals surface area (Å²) < 4.78 is 4.64. The molecule has 2 amide bonds. The van der Waals surface area contributed by atoms with Gasteiger partial charge in [0.15, 0.2) is 4.32 Å². The van der Waals surface area contributed by atoms with E-state index < -0.39 is 28.2 Å². The van der Waals surface area contributed by atoms with Crippen molar-refractivity contribution in [3.05, 3.63) is 10.6 Å². The Labute approximate surface area is 120 Å². The number of esters is 1. The van der Waals surface area contributed by atoms with Crippen LogP contribution in [0.15, 0.2) is 10.6 Å². The van der Waals surface area contributed by atoms with Gasteiger partial charge in [-0.3, -0.25) is 19.3 Å². The third-order valence-electron chi connectivity index (χ3n) is 3.70. The zero-order chi connectivity index (χ0) is 13.2. The van der Waals surface area contributed by atoms with Gasteiger partial charge in [-0.1, -0.05) is 31.9 Å². The highest BCUT2D eigenvalue weighted by atomic mass is 79.9. The lowest BCUT2D eigenvalue weighted by atomic mass is 9.73. The molecule has 0 N–H and O–H groups in total. The molecule has 0 aromatic rings. The fraction of sp³-hybridized carbons (Fsp3) is 0.545. The standard InChI is InChI=1S/C11H9Br2NO4/c1-2-14-8(15)5-6(9(14)16)11(13)3-4(12)7(5)18-10(11)17/h3,5-7H,2H2,1H3/t5-,6-,7+,11+/m0/s1. The number of carbonyl (C=O) groups is 3. The minimum absolute atomic E-state index is 0.265. The summed E-state index contributed by atoms with van der Waals surface area (Å²) in [6, 6.07) is 0. The smallest absolute Gasteiger partial charge is 0.328 e. The summed E-state index contributed by atoms with van der Waals surface area (Å²) in [6.07, 6.45) is 0.963. The minimum Gasteiger partial charge on any atom is -0.455 e. The summed E-state index contributed by atoms with van der Waals surface area (Å²) in [5, 5.41) is 0. The van der Waals surface area contributed by atoms with Crippen molar-refractivity contribution < 1.29 is 19.1 Å². The molecule has 3 aliphatic heterocycles. The van der Waals surface area contributed by atoms with Crippen molar-refractivity contribution in [1.29, 1.82) is 0 Å². The summed E-state index contributed by atoms with van der Waals surface area (Å²) in [5.41, 5.74) is 0. The summed E-state index contributed by atoms with van der Waals surface area (Å²) in [5.74, 6) is -2.39. The first-order chi connectivity index (χ1) is 8.41. The molecule has 0 saturated carbocycles. The lowest BCUT2D eigenvalue weighted by molar-refractivity contribution is -0.165. The van der Waals surface area contributed by atoms with Crippen molar-refractivity contribution in [2.45, 2.75) is 17.4 Å². The van der Waals surface area contributed by atoms with Gasteiger partial charge in [0, 0.05) is 11.0 Å². The number of nitrogens with zero attached hydrogens (tertiary/aromatic N) is 1. The van der Waals surface area contributed by atoms with E-state index in [1.165, 1.54) is 4.90 Å². The third-order valence-corrected chi connectivity index (χ3v) is 5.43. The normalized spacial score (nSPS) is 41.9. The zero-order valence-electron chi connectivity index (χ0n) is 9.35. The second-order valence-corrected chi connectivity index (χ2v) is 6.78. The third kappa shape index (κ3) is 1.24. The SMILES string of the molecule is CCN1C(=O)[C@@H]2[C@@H]3OC(=O)[C@@](Br)(C=C3Br)[C@@H]2C1=O. The molecule has 2 saturated heterocycles. The highest BCUT2D eigenvalue weighted by Gasteiger charge is 2.68. The van der Waals surface area contributed by atoms with E-state index in [0.29, 0.717) is 11.0 Å². The second-order valence-electron chi connectivity index (χ2n) is 4.55. The van der Waals surface area contributed by atoms with Gasteiger partial charge in [0.05, 0.1) is 11.8 Å². The Kier molecular flexibility index (Phi) is 2.51. The topological polar surface area (TPSA) is 63.7 Å². The van der Waals surface area contributed by atoms with Crippen LogP contribution in [-0.4, -0.2) is 39.7 Å². The van der Waals surface area contributed by atoms with Crippen molar-refractivity contribution in [2.75, 3.05) is 6.54 Å². The quantitative estimate of drug-likeness (QED) is 0.387. The number of alkyl halides is 1. The molecular weight excluding hydrogens is 370 g/mol. The number of halogens is 2. The average molecular weight is 379 g/mol. The molecule has 0 aromatic carbocycles.